The Morgan fingerprint density at radius 3 is 2.71 bits per heavy atom. The first kappa shape index (κ1) is 13.6. The molecule has 0 spiro atoms. The molecule has 94 valence electrons. The van der Waals surface area contributed by atoms with E-state index in [9.17, 15) is 4.79 Å². The fourth-order valence-corrected chi connectivity index (χ4v) is 1.35. The maximum Gasteiger partial charge on any atom is 0.234 e. The minimum absolute atomic E-state index is 0.00345. The summed E-state index contributed by atoms with van der Waals surface area (Å²) in [6.45, 7) is 8.38. The van der Waals surface area contributed by atoms with Gasteiger partial charge >= 0.3 is 0 Å². The molecule has 1 heterocycles. The monoisotopic (exact) mass is 235 g/mol. The van der Waals surface area contributed by atoms with Crippen LogP contribution in [0, 0.1) is 0 Å². The van der Waals surface area contributed by atoms with Crippen LogP contribution in [0.5, 0.6) is 0 Å². The fourth-order valence-electron chi connectivity index (χ4n) is 1.35. The van der Waals surface area contributed by atoms with Crippen LogP contribution < -0.4 is 10.6 Å². The van der Waals surface area contributed by atoms with Crippen molar-refractivity contribution in [3.8, 4) is 0 Å². The molecule has 1 aromatic rings. The topological polar surface area (TPSA) is 54.0 Å². The van der Waals surface area contributed by atoms with Gasteiger partial charge in [-0.2, -0.15) is 0 Å². The first-order valence-corrected chi connectivity index (χ1v) is 5.83. The molecular weight excluding hydrogens is 214 g/mol. The van der Waals surface area contributed by atoms with Crippen LogP contribution in [0.1, 0.15) is 39.3 Å². The largest absolute Gasteiger partial charge is 0.348 e. The van der Waals surface area contributed by atoms with E-state index in [0.29, 0.717) is 6.54 Å². The zero-order valence-electron chi connectivity index (χ0n) is 10.9. The smallest absolute Gasteiger partial charge is 0.234 e. The fraction of sp³-hybridized carbons (Fsp3) is 0.538. The molecule has 0 saturated heterocycles. The average Bonchev–Trinajstić information content (AvgIpc) is 2.27. The number of amides is 1. The zero-order chi connectivity index (χ0) is 12.9. The molecule has 4 nitrogen and oxygen atoms in total. The molecule has 4 heteroatoms. The first-order chi connectivity index (χ1) is 7.88. The number of hydrogen-bond donors (Lipinski definition) is 2. The van der Waals surface area contributed by atoms with Gasteiger partial charge in [-0.25, -0.2) is 0 Å². The van der Waals surface area contributed by atoms with E-state index in [1.54, 1.807) is 12.4 Å². The first-order valence-electron chi connectivity index (χ1n) is 5.83. The van der Waals surface area contributed by atoms with Crippen LogP contribution in [0.3, 0.4) is 0 Å². The summed E-state index contributed by atoms with van der Waals surface area (Å²) >= 11 is 0. The predicted octanol–water partition coefficient (Wildman–Crippen LogP) is 1.65. The highest BCUT2D eigenvalue weighted by Crippen LogP contribution is 2.09. The molecule has 0 bridgehead atoms. The van der Waals surface area contributed by atoms with Gasteiger partial charge in [0.15, 0.2) is 0 Å². The number of pyridine rings is 1. The lowest BCUT2D eigenvalue weighted by molar-refractivity contribution is -0.121. The van der Waals surface area contributed by atoms with Gasteiger partial charge in [0.1, 0.15) is 0 Å². The summed E-state index contributed by atoms with van der Waals surface area (Å²) in [7, 11) is 0. The van der Waals surface area contributed by atoms with E-state index in [2.05, 4.69) is 15.6 Å². The summed E-state index contributed by atoms with van der Waals surface area (Å²) in [4.78, 5) is 15.7. The van der Waals surface area contributed by atoms with Gasteiger partial charge in [0.2, 0.25) is 5.91 Å². The number of carbonyl (C=O) groups excluding carboxylic acids is 1. The molecule has 1 rings (SSSR count). The van der Waals surface area contributed by atoms with Crippen molar-refractivity contribution in [3.05, 3.63) is 30.1 Å². The summed E-state index contributed by atoms with van der Waals surface area (Å²) in [5, 5.41) is 6.08. The number of nitrogens with zero attached hydrogens (tertiary/aromatic N) is 1. The summed E-state index contributed by atoms with van der Waals surface area (Å²) in [6, 6.07) is 3.80. The maximum absolute atomic E-state index is 11.7. The van der Waals surface area contributed by atoms with E-state index in [-0.39, 0.29) is 17.5 Å². The van der Waals surface area contributed by atoms with Crippen LogP contribution in [-0.2, 0) is 4.79 Å². The lowest BCUT2D eigenvalue weighted by Crippen LogP contribution is -2.43. The number of rotatable bonds is 4. The van der Waals surface area contributed by atoms with Crippen molar-refractivity contribution in [1.82, 2.24) is 15.6 Å². The average molecular weight is 235 g/mol. The number of nitrogens with one attached hydrogen (secondary N) is 2. The van der Waals surface area contributed by atoms with Crippen molar-refractivity contribution in [2.24, 2.45) is 0 Å². The minimum atomic E-state index is -0.0467. The Balaban J connectivity index is 2.42. The summed E-state index contributed by atoms with van der Waals surface area (Å²) in [5.41, 5.74) is 0.964. The Morgan fingerprint density at radius 1 is 1.47 bits per heavy atom. The second-order valence-corrected chi connectivity index (χ2v) is 5.18. The summed E-state index contributed by atoms with van der Waals surface area (Å²) < 4.78 is 0. The van der Waals surface area contributed by atoms with E-state index in [1.165, 1.54) is 0 Å². The molecule has 17 heavy (non-hydrogen) atoms. The predicted molar refractivity (Wildman–Crippen MR) is 68.6 cm³/mol. The van der Waals surface area contributed by atoms with Crippen LogP contribution in [0.2, 0.25) is 0 Å². The highest BCUT2D eigenvalue weighted by Gasteiger charge is 2.13. The van der Waals surface area contributed by atoms with Crippen molar-refractivity contribution in [2.45, 2.75) is 39.3 Å². The van der Waals surface area contributed by atoms with Gasteiger partial charge in [-0.1, -0.05) is 6.07 Å². The molecule has 0 aliphatic rings. The molecule has 1 amide bonds. The van der Waals surface area contributed by atoms with Crippen molar-refractivity contribution < 1.29 is 4.79 Å². The molecule has 0 aliphatic heterocycles. The van der Waals surface area contributed by atoms with E-state index in [4.69, 9.17) is 0 Å². The normalized spacial score (nSPS) is 13.2. The highest BCUT2D eigenvalue weighted by atomic mass is 16.1. The summed E-state index contributed by atoms with van der Waals surface area (Å²) in [5.74, 6) is -0.00345. The van der Waals surface area contributed by atoms with Gasteiger partial charge in [0, 0.05) is 17.9 Å². The third-order valence-corrected chi connectivity index (χ3v) is 2.34. The quantitative estimate of drug-likeness (QED) is 0.834. The molecule has 0 saturated carbocycles. The maximum atomic E-state index is 11.7. The SMILES string of the molecule is C[C@H](NC(=O)CNC(C)(C)C)c1cccnc1. The third kappa shape index (κ3) is 5.45. The van der Waals surface area contributed by atoms with Gasteiger partial charge in [-0.05, 0) is 39.3 Å². The Bertz CT molecular complexity index is 357. The van der Waals surface area contributed by atoms with Crippen molar-refractivity contribution in [1.29, 1.82) is 0 Å². The number of carbonyl (C=O) groups is 1. The Kier molecular flexibility index (Phi) is 4.63. The van der Waals surface area contributed by atoms with E-state index >= 15 is 0 Å². The number of aromatic nitrogens is 1. The molecule has 0 unspecified atom stereocenters. The number of hydrogen-bond acceptors (Lipinski definition) is 3. The molecule has 0 fully saturated rings. The van der Waals surface area contributed by atoms with E-state index in [1.807, 2.05) is 39.8 Å². The van der Waals surface area contributed by atoms with Crippen molar-refractivity contribution in [2.75, 3.05) is 6.54 Å². The van der Waals surface area contributed by atoms with Gasteiger partial charge in [-0.15, -0.1) is 0 Å². The van der Waals surface area contributed by atoms with Gasteiger partial charge in [0.05, 0.1) is 12.6 Å². The molecule has 2 N–H and O–H groups in total. The molecule has 1 aromatic heterocycles. The minimum Gasteiger partial charge on any atom is -0.348 e. The van der Waals surface area contributed by atoms with Crippen LogP contribution >= 0.6 is 0 Å². The summed E-state index contributed by atoms with van der Waals surface area (Å²) in [6.07, 6.45) is 3.49. The van der Waals surface area contributed by atoms with Crippen molar-refractivity contribution in [3.63, 3.8) is 0 Å². The Morgan fingerprint density at radius 2 is 2.18 bits per heavy atom. The van der Waals surface area contributed by atoms with Gasteiger partial charge in [0.25, 0.3) is 0 Å². The van der Waals surface area contributed by atoms with Gasteiger partial charge in [-0.3, -0.25) is 9.78 Å². The second kappa shape index (κ2) is 5.77. The van der Waals surface area contributed by atoms with E-state index < -0.39 is 0 Å². The van der Waals surface area contributed by atoms with Crippen LogP contribution in [0.25, 0.3) is 0 Å². The molecule has 0 aromatic carbocycles. The van der Waals surface area contributed by atoms with Crippen molar-refractivity contribution >= 4 is 5.91 Å². The lowest BCUT2D eigenvalue weighted by Gasteiger charge is -2.21. The zero-order valence-corrected chi connectivity index (χ0v) is 10.9. The molecule has 1 atom stereocenters. The third-order valence-electron chi connectivity index (χ3n) is 2.34. The van der Waals surface area contributed by atoms with Gasteiger partial charge < -0.3 is 10.6 Å². The van der Waals surface area contributed by atoms with Crippen LogP contribution in [0.4, 0.5) is 0 Å². The standard InChI is InChI=1S/C13H21N3O/c1-10(11-6-5-7-14-8-11)16-12(17)9-15-13(2,3)4/h5-8,10,15H,9H2,1-4H3,(H,16,17)/t10-/m0/s1. The van der Waals surface area contributed by atoms with E-state index in [0.717, 1.165) is 5.56 Å². The molecule has 0 radical (unpaired) electrons. The van der Waals surface area contributed by atoms with Crippen LogP contribution in [0.15, 0.2) is 24.5 Å². The molecule has 0 aliphatic carbocycles. The van der Waals surface area contributed by atoms with Crippen LogP contribution in [-0.4, -0.2) is 23.0 Å². The second-order valence-electron chi connectivity index (χ2n) is 5.18. The Hall–Kier alpha value is -1.42. The highest BCUT2D eigenvalue weighted by molar-refractivity contribution is 5.78. The molecular formula is C13H21N3O. The Labute approximate surface area is 103 Å². The lowest BCUT2D eigenvalue weighted by atomic mass is 10.1.